The van der Waals surface area contributed by atoms with Crippen LogP contribution in [0.15, 0.2) is 0 Å². The molecule has 0 bridgehead atoms. The number of hydrogen-bond acceptors (Lipinski definition) is 3. The van der Waals surface area contributed by atoms with Gasteiger partial charge in [0, 0.05) is 12.5 Å². The van der Waals surface area contributed by atoms with E-state index >= 15 is 0 Å². The van der Waals surface area contributed by atoms with Gasteiger partial charge in [0.25, 0.3) is 0 Å². The van der Waals surface area contributed by atoms with Crippen molar-refractivity contribution in [3.05, 3.63) is 0 Å². The van der Waals surface area contributed by atoms with Crippen LogP contribution >= 0.6 is 0 Å². The minimum Gasteiger partial charge on any atom is -0.377 e. The van der Waals surface area contributed by atoms with Crippen molar-refractivity contribution in [2.24, 2.45) is 11.8 Å². The van der Waals surface area contributed by atoms with E-state index in [2.05, 4.69) is 10.3 Å². The minimum atomic E-state index is -0.0396. The van der Waals surface area contributed by atoms with Crippen LogP contribution in [0.25, 0.3) is 0 Å². The molecule has 1 N–H and O–H groups in total. The fourth-order valence-electron chi connectivity index (χ4n) is 1.77. The van der Waals surface area contributed by atoms with E-state index in [1.54, 1.807) is 0 Å². The van der Waals surface area contributed by atoms with Crippen LogP contribution in [0.5, 0.6) is 0 Å². The van der Waals surface area contributed by atoms with Gasteiger partial charge in [-0.05, 0) is 6.42 Å². The Morgan fingerprint density at radius 1 is 1.73 bits per heavy atom. The standard InChI is InChI=1S/C7H11NO3/c1-10-8-7(9)5-4-2-3-11-6(4)5/h4-6H,2-3H2,1H3,(H,8,9). The molecule has 0 spiro atoms. The summed E-state index contributed by atoms with van der Waals surface area (Å²) >= 11 is 0. The van der Waals surface area contributed by atoms with Crippen LogP contribution < -0.4 is 5.48 Å². The Kier molecular flexibility index (Phi) is 1.58. The molecule has 3 unspecified atom stereocenters. The van der Waals surface area contributed by atoms with Crippen molar-refractivity contribution >= 4 is 5.91 Å². The lowest BCUT2D eigenvalue weighted by Gasteiger charge is -2.02. The lowest BCUT2D eigenvalue weighted by atomic mass is 10.2. The number of carbonyl (C=O) groups excluding carboxylic acids is 1. The molecule has 1 saturated heterocycles. The monoisotopic (exact) mass is 157 g/mol. The first-order valence-corrected chi connectivity index (χ1v) is 3.79. The first kappa shape index (κ1) is 7.06. The maximum Gasteiger partial charge on any atom is 0.249 e. The maximum atomic E-state index is 11.1. The van der Waals surface area contributed by atoms with Crippen molar-refractivity contribution in [3.8, 4) is 0 Å². The molecule has 1 aliphatic heterocycles. The average molecular weight is 157 g/mol. The number of hydroxylamine groups is 1. The van der Waals surface area contributed by atoms with Gasteiger partial charge in [-0.1, -0.05) is 0 Å². The van der Waals surface area contributed by atoms with E-state index in [1.807, 2.05) is 0 Å². The van der Waals surface area contributed by atoms with Crippen molar-refractivity contribution in [2.75, 3.05) is 13.7 Å². The lowest BCUT2D eigenvalue weighted by molar-refractivity contribution is -0.134. The summed E-state index contributed by atoms with van der Waals surface area (Å²) in [5.41, 5.74) is 2.32. The quantitative estimate of drug-likeness (QED) is 0.560. The molecular weight excluding hydrogens is 146 g/mol. The molecule has 2 aliphatic rings. The Labute approximate surface area is 64.8 Å². The van der Waals surface area contributed by atoms with Gasteiger partial charge >= 0.3 is 0 Å². The molecular formula is C7H11NO3. The third-order valence-corrected chi connectivity index (χ3v) is 2.36. The SMILES string of the molecule is CONC(=O)C1C2CCOC21. The fraction of sp³-hybridized carbons (Fsp3) is 0.857. The van der Waals surface area contributed by atoms with Crippen molar-refractivity contribution < 1.29 is 14.4 Å². The number of amides is 1. The number of ether oxygens (including phenoxy) is 1. The van der Waals surface area contributed by atoms with Crippen LogP contribution in [0.2, 0.25) is 0 Å². The Bertz CT molecular complexity index is 173. The molecule has 4 nitrogen and oxygen atoms in total. The molecule has 1 saturated carbocycles. The second-order valence-electron chi connectivity index (χ2n) is 2.98. The van der Waals surface area contributed by atoms with Crippen LogP contribution in [-0.2, 0) is 14.4 Å². The highest BCUT2D eigenvalue weighted by atomic mass is 16.6. The zero-order chi connectivity index (χ0) is 7.84. The Balaban J connectivity index is 1.85. The first-order valence-electron chi connectivity index (χ1n) is 3.79. The van der Waals surface area contributed by atoms with Gasteiger partial charge in [-0.3, -0.25) is 9.63 Å². The van der Waals surface area contributed by atoms with E-state index in [0.29, 0.717) is 5.92 Å². The highest BCUT2D eigenvalue weighted by molar-refractivity contribution is 5.82. The van der Waals surface area contributed by atoms with Gasteiger partial charge in [0.2, 0.25) is 5.91 Å². The number of hydrogen-bond donors (Lipinski definition) is 1. The van der Waals surface area contributed by atoms with Crippen LogP contribution in [0.3, 0.4) is 0 Å². The topological polar surface area (TPSA) is 47.6 Å². The minimum absolute atomic E-state index is 0.0396. The zero-order valence-corrected chi connectivity index (χ0v) is 6.37. The van der Waals surface area contributed by atoms with Crippen LogP contribution in [0.4, 0.5) is 0 Å². The van der Waals surface area contributed by atoms with E-state index < -0.39 is 0 Å². The molecule has 2 rings (SSSR count). The van der Waals surface area contributed by atoms with Crippen LogP contribution in [0.1, 0.15) is 6.42 Å². The molecule has 62 valence electrons. The number of nitrogens with one attached hydrogen (secondary N) is 1. The molecule has 2 fully saturated rings. The van der Waals surface area contributed by atoms with E-state index in [0.717, 1.165) is 13.0 Å². The van der Waals surface area contributed by atoms with Crippen molar-refractivity contribution in [1.82, 2.24) is 5.48 Å². The van der Waals surface area contributed by atoms with Gasteiger partial charge in [-0.15, -0.1) is 0 Å². The predicted octanol–water partition coefficient (Wildman–Crippen LogP) is -0.301. The van der Waals surface area contributed by atoms with Gasteiger partial charge < -0.3 is 4.74 Å². The summed E-state index contributed by atoms with van der Waals surface area (Å²) in [5, 5.41) is 0. The lowest BCUT2D eigenvalue weighted by Crippen LogP contribution is -2.26. The number of carbonyl (C=O) groups is 1. The van der Waals surface area contributed by atoms with Crippen molar-refractivity contribution in [3.63, 3.8) is 0 Å². The highest BCUT2D eigenvalue weighted by Gasteiger charge is 2.58. The molecule has 1 aliphatic carbocycles. The largest absolute Gasteiger partial charge is 0.377 e. The van der Waals surface area contributed by atoms with Crippen molar-refractivity contribution in [2.45, 2.75) is 12.5 Å². The third-order valence-electron chi connectivity index (χ3n) is 2.36. The maximum absolute atomic E-state index is 11.1. The summed E-state index contributed by atoms with van der Waals surface area (Å²) in [6, 6.07) is 0. The van der Waals surface area contributed by atoms with Gasteiger partial charge in [0.15, 0.2) is 0 Å². The van der Waals surface area contributed by atoms with E-state index in [1.165, 1.54) is 7.11 Å². The summed E-state index contributed by atoms with van der Waals surface area (Å²) in [5.74, 6) is 0.482. The Morgan fingerprint density at radius 3 is 3.09 bits per heavy atom. The molecule has 1 amide bonds. The predicted molar refractivity (Wildman–Crippen MR) is 36.5 cm³/mol. The van der Waals surface area contributed by atoms with Crippen LogP contribution in [0, 0.1) is 11.8 Å². The number of fused-ring (bicyclic) bond motifs is 1. The molecule has 3 atom stereocenters. The molecule has 0 aromatic carbocycles. The van der Waals surface area contributed by atoms with E-state index in [9.17, 15) is 4.79 Å². The number of rotatable bonds is 2. The molecule has 0 aromatic heterocycles. The van der Waals surface area contributed by atoms with Crippen LogP contribution in [-0.4, -0.2) is 25.7 Å². The van der Waals surface area contributed by atoms with Gasteiger partial charge in [0.1, 0.15) is 0 Å². The summed E-state index contributed by atoms with van der Waals surface area (Å²) in [6.45, 7) is 0.812. The zero-order valence-electron chi connectivity index (χ0n) is 6.37. The smallest absolute Gasteiger partial charge is 0.249 e. The second-order valence-corrected chi connectivity index (χ2v) is 2.98. The normalized spacial score (nSPS) is 39.9. The van der Waals surface area contributed by atoms with E-state index in [4.69, 9.17) is 4.74 Å². The average Bonchev–Trinajstić information content (AvgIpc) is 2.47. The molecule has 0 radical (unpaired) electrons. The van der Waals surface area contributed by atoms with Gasteiger partial charge in [-0.2, -0.15) is 0 Å². The molecule has 0 aromatic rings. The Morgan fingerprint density at radius 2 is 2.55 bits per heavy atom. The highest BCUT2D eigenvalue weighted by Crippen LogP contribution is 2.48. The molecule has 11 heavy (non-hydrogen) atoms. The molecule has 1 heterocycles. The van der Waals surface area contributed by atoms with Gasteiger partial charge in [0.05, 0.1) is 19.1 Å². The summed E-state index contributed by atoms with van der Waals surface area (Å²) in [7, 11) is 1.44. The fourth-order valence-corrected chi connectivity index (χ4v) is 1.77. The summed E-state index contributed by atoms with van der Waals surface area (Å²) < 4.78 is 5.29. The summed E-state index contributed by atoms with van der Waals surface area (Å²) in [6.07, 6.45) is 1.21. The van der Waals surface area contributed by atoms with E-state index in [-0.39, 0.29) is 17.9 Å². The molecule has 4 heteroatoms. The third kappa shape index (κ3) is 1.02. The summed E-state index contributed by atoms with van der Waals surface area (Å²) in [4.78, 5) is 15.6. The first-order chi connectivity index (χ1) is 5.34. The van der Waals surface area contributed by atoms with Crippen molar-refractivity contribution in [1.29, 1.82) is 0 Å². The second kappa shape index (κ2) is 2.46. The van der Waals surface area contributed by atoms with Gasteiger partial charge in [-0.25, -0.2) is 5.48 Å². The Hall–Kier alpha value is -0.610.